The Hall–Kier alpha value is -1.55. The molecule has 0 bridgehead atoms. The Bertz CT molecular complexity index is 366. The summed E-state index contributed by atoms with van der Waals surface area (Å²) in [4.78, 5) is 13.6. The highest BCUT2D eigenvalue weighted by molar-refractivity contribution is 5.77. The molecule has 0 spiro atoms. The Labute approximate surface area is 102 Å². The number of hydrogen-bond acceptors (Lipinski definition) is 2. The second-order valence-electron chi connectivity index (χ2n) is 4.32. The van der Waals surface area contributed by atoms with E-state index in [9.17, 15) is 4.79 Å². The van der Waals surface area contributed by atoms with Gasteiger partial charge in [0.2, 0.25) is 0 Å². The Morgan fingerprint density at radius 2 is 2.18 bits per heavy atom. The summed E-state index contributed by atoms with van der Waals surface area (Å²) in [7, 11) is 1.93. The molecular formula is C13H19N3O. The molecule has 1 aliphatic heterocycles. The molecule has 1 heterocycles. The number of urea groups is 1. The highest BCUT2D eigenvalue weighted by Gasteiger charge is 2.28. The van der Waals surface area contributed by atoms with E-state index in [2.05, 4.69) is 22.8 Å². The van der Waals surface area contributed by atoms with E-state index < -0.39 is 0 Å². The summed E-state index contributed by atoms with van der Waals surface area (Å²) in [6.07, 6.45) is 0.991. The van der Waals surface area contributed by atoms with Crippen molar-refractivity contribution in [3.05, 3.63) is 35.9 Å². The van der Waals surface area contributed by atoms with Crippen LogP contribution in [-0.2, 0) is 0 Å². The van der Waals surface area contributed by atoms with Gasteiger partial charge in [-0.1, -0.05) is 30.3 Å². The Balaban J connectivity index is 1.91. The first kappa shape index (κ1) is 11.9. The number of amides is 2. The lowest BCUT2D eigenvalue weighted by Gasteiger charge is -2.14. The average molecular weight is 233 g/mol. The molecule has 1 unspecified atom stereocenters. The normalized spacial score (nSPS) is 19.5. The summed E-state index contributed by atoms with van der Waals surface area (Å²) < 4.78 is 0. The Morgan fingerprint density at radius 1 is 1.41 bits per heavy atom. The third-order valence-electron chi connectivity index (χ3n) is 3.04. The first-order valence-electron chi connectivity index (χ1n) is 6.06. The van der Waals surface area contributed by atoms with Gasteiger partial charge < -0.3 is 15.5 Å². The molecule has 0 aromatic heterocycles. The molecule has 2 rings (SSSR count). The molecule has 92 valence electrons. The molecule has 1 fully saturated rings. The molecule has 2 amide bonds. The fourth-order valence-corrected chi connectivity index (χ4v) is 2.10. The molecule has 1 aliphatic rings. The molecule has 4 heteroatoms. The van der Waals surface area contributed by atoms with Crippen LogP contribution in [0.4, 0.5) is 4.79 Å². The van der Waals surface area contributed by atoms with E-state index in [4.69, 9.17) is 0 Å². The van der Waals surface area contributed by atoms with E-state index in [1.165, 1.54) is 5.56 Å². The molecule has 17 heavy (non-hydrogen) atoms. The van der Waals surface area contributed by atoms with E-state index in [0.29, 0.717) is 0 Å². The summed E-state index contributed by atoms with van der Waals surface area (Å²) in [5.74, 6) is 0. The average Bonchev–Trinajstić information content (AvgIpc) is 2.73. The monoisotopic (exact) mass is 233 g/mol. The van der Waals surface area contributed by atoms with Gasteiger partial charge in [0.25, 0.3) is 0 Å². The van der Waals surface area contributed by atoms with Gasteiger partial charge in [-0.25, -0.2) is 4.79 Å². The fraction of sp³-hybridized carbons (Fsp3) is 0.462. The predicted octanol–water partition coefficient (Wildman–Crippen LogP) is 1.36. The van der Waals surface area contributed by atoms with Crippen LogP contribution < -0.4 is 10.6 Å². The van der Waals surface area contributed by atoms with Crippen LogP contribution in [-0.4, -0.2) is 37.6 Å². The third kappa shape index (κ3) is 2.97. The van der Waals surface area contributed by atoms with E-state index in [-0.39, 0.29) is 12.1 Å². The highest BCUT2D eigenvalue weighted by atomic mass is 16.2. The van der Waals surface area contributed by atoms with Crippen molar-refractivity contribution in [3.63, 3.8) is 0 Å². The smallest absolute Gasteiger partial charge is 0.318 e. The number of carbonyl (C=O) groups excluding carboxylic acids is 1. The molecule has 4 nitrogen and oxygen atoms in total. The molecule has 0 radical (unpaired) electrons. The first-order valence-corrected chi connectivity index (χ1v) is 6.06. The van der Waals surface area contributed by atoms with Crippen molar-refractivity contribution in [1.29, 1.82) is 0 Å². The van der Waals surface area contributed by atoms with Crippen molar-refractivity contribution >= 4 is 6.03 Å². The van der Waals surface area contributed by atoms with Crippen molar-refractivity contribution in [2.45, 2.75) is 12.5 Å². The van der Waals surface area contributed by atoms with Gasteiger partial charge in [-0.3, -0.25) is 0 Å². The van der Waals surface area contributed by atoms with Gasteiger partial charge in [-0.05, 0) is 25.6 Å². The summed E-state index contributed by atoms with van der Waals surface area (Å²) in [6, 6.07) is 10.3. The molecule has 1 aromatic rings. The van der Waals surface area contributed by atoms with Crippen LogP contribution in [0.3, 0.4) is 0 Å². The summed E-state index contributed by atoms with van der Waals surface area (Å²) >= 11 is 0. The van der Waals surface area contributed by atoms with Crippen LogP contribution in [0.2, 0.25) is 0 Å². The zero-order valence-corrected chi connectivity index (χ0v) is 10.1. The lowest BCUT2D eigenvalue weighted by molar-refractivity contribution is 0.217. The van der Waals surface area contributed by atoms with E-state index >= 15 is 0 Å². The Morgan fingerprint density at radius 3 is 2.88 bits per heavy atom. The highest BCUT2D eigenvalue weighted by Crippen LogP contribution is 2.19. The standard InChI is InChI=1S/C13H19N3O/c1-14-8-5-9-16-10-12(15-13(16)17)11-6-3-2-4-7-11/h2-4,6-7,12,14H,5,8-10H2,1H3,(H,15,17). The largest absolute Gasteiger partial charge is 0.329 e. The minimum absolute atomic E-state index is 0.0509. The number of rotatable bonds is 5. The van der Waals surface area contributed by atoms with Crippen molar-refractivity contribution < 1.29 is 4.79 Å². The van der Waals surface area contributed by atoms with Crippen molar-refractivity contribution in [1.82, 2.24) is 15.5 Å². The predicted molar refractivity (Wildman–Crippen MR) is 67.8 cm³/mol. The van der Waals surface area contributed by atoms with Crippen LogP contribution in [0.5, 0.6) is 0 Å². The quantitative estimate of drug-likeness (QED) is 0.754. The maximum absolute atomic E-state index is 11.7. The third-order valence-corrected chi connectivity index (χ3v) is 3.04. The molecular weight excluding hydrogens is 214 g/mol. The maximum Gasteiger partial charge on any atom is 0.318 e. The van der Waals surface area contributed by atoms with Crippen LogP contribution in [0.25, 0.3) is 0 Å². The SMILES string of the molecule is CNCCCN1CC(c2ccccc2)NC1=O. The fourth-order valence-electron chi connectivity index (χ4n) is 2.10. The van der Waals surface area contributed by atoms with Gasteiger partial charge in [0, 0.05) is 13.1 Å². The van der Waals surface area contributed by atoms with Crippen LogP contribution in [0.15, 0.2) is 30.3 Å². The zero-order chi connectivity index (χ0) is 12.1. The Kier molecular flexibility index (Phi) is 3.98. The van der Waals surface area contributed by atoms with Crippen molar-refractivity contribution in [3.8, 4) is 0 Å². The van der Waals surface area contributed by atoms with Crippen molar-refractivity contribution in [2.75, 3.05) is 26.7 Å². The molecule has 2 N–H and O–H groups in total. The van der Waals surface area contributed by atoms with Gasteiger partial charge in [0.1, 0.15) is 0 Å². The van der Waals surface area contributed by atoms with Gasteiger partial charge in [0.05, 0.1) is 6.04 Å². The second kappa shape index (κ2) is 5.68. The van der Waals surface area contributed by atoms with Gasteiger partial charge >= 0.3 is 6.03 Å². The van der Waals surface area contributed by atoms with E-state index in [1.807, 2.05) is 30.1 Å². The number of nitrogens with zero attached hydrogens (tertiary/aromatic N) is 1. The van der Waals surface area contributed by atoms with Crippen molar-refractivity contribution in [2.24, 2.45) is 0 Å². The van der Waals surface area contributed by atoms with Crippen LogP contribution in [0.1, 0.15) is 18.0 Å². The maximum atomic E-state index is 11.7. The topological polar surface area (TPSA) is 44.4 Å². The number of hydrogen-bond donors (Lipinski definition) is 2. The molecule has 1 saturated heterocycles. The molecule has 1 atom stereocenters. The van der Waals surface area contributed by atoms with Crippen LogP contribution >= 0.6 is 0 Å². The van der Waals surface area contributed by atoms with E-state index in [1.54, 1.807) is 0 Å². The minimum atomic E-state index is 0.0509. The number of carbonyl (C=O) groups is 1. The zero-order valence-electron chi connectivity index (χ0n) is 10.1. The lowest BCUT2D eigenvalue weighted by atomic mass is 10.1. The minimum Gasteiger partial charge on any atom is -0.329 e. The summed E-state index contributed by atoms with van der Waals surface area (Å²) in [6.45, 7) is 2.53. The number of benzene rings is 1. The van der Waals surface area contributed by atoms with Crippen LogP contribution in [0, 0.1) is 0 Å². The molecule has 0 saturated carbocycles. The first-order chi connectivity index (χ1) is 8.31. The molecule has 0 aliphatic carbocycles. The number of nitrogens with one attached hydrogen (secondary N) is 2. The molecule has 1 aromatic carbocycles. The summed E-state index contributed by atoms with van der Waals surface area (Å²) in [5, 5.41) is 6.10. The van der Waals surface area contributed by atoms with Gasteiger partial charge in [-0.15, -0.1) is 0 Å². The summed E-state index contributed by atoms with van der Waals surface area (Å²) in [5.41, 5.74) is 1.18. The second-order valence-corrected chi connectivity index (χ2v) is 4.32. The van der Waals surface area contributed by atoms with E-state index in [0.717, 1.165) is 26.1 Å². The van der Waals surface area contributed by atoms with Gasteiger partial charge in [-0.2, -0.15) is 0 Å². The van der Waals surface area contributed by atoms with Gasteiger partial charge in [0.15, 0.2) is 0 Å². The lowest BCUT2D eigenvalue weighted by Crippen LogP contribution is -2.30.